The van der Waals surface area contributed by atoms with Crippen molar-refractivity contribution in [1.29, 1.82) is 0 Å². The lowest BCUT2D eigenvalue weighted by Gasteiger charge is -2.42. The van der Waals surface area contributed by atoms with Gasteiger partial charge in [0, 0.05) is 31.0 Å². The lowest BCUT2D eigenvalue weighted by molar-refractivity contribution is -0.135. The molecular weight excluding hydrogens is 186 g/mol. The Morgan fingerprint density at radius 3 is 2.07 bits per heavy atom. The zero-order chi connectivity index (χ0) is 10.3. The summed E-state index contributed by atoms with van der Waals surface area (Å²) in [6.07, 6.45) is 9.20. The van der Waals surface area contributed by atoms with Crippen molar-refractivity contribution in [2.24, 2.45) is 11.8 Å². The van der Waals surface area contributed by atoms with Crippen LogP contribution in [0, 0.1) is 11.8 Å². The van der Waals surface area contributed by atoms with E-state index in [-0.39, 0.29) is 0 Å². The first-order valence-corrected chi connectivity index (χ1v) is 6.62. The number of carbonyl (C=O) groups is 1. The number of ketones is 1. The van der Waals surface area contributed by atoms with Crippen LogP contribution in [0.15, 0.2) is 0 Å². The third-order valence-corrected chi connectivity index (χ3v) is 4.66. The molecule has 0 radical (unpaired) electrons. The second-order valence-electron chi connectivity index (χ2n) is 5.62. The summed E-state index contributed by atoms with van der Waals surface area (Å²) in [6.45, 7) is 2.17. The molecule has 0 aromatic carbocycles. The topological polar surface area (TPSA) is 20.3 Å². The summed E-state index contributed by atoms with van der Waals surface area (Å²) in [4.78, 5) is 14.6. The van der Waals surface area contributed by atoms with Gasteiger partial charge in [0.2, 0.25) is 0 Å². The fourth-order valence-corrected chi connectivity index (χ4v) is 3.80. The molecule has 2 nitrogen and oxygen atoms in total. The zero-order valence-corrected chi connectivity index (χ0v) is 9.45. The Kier molecular flexibility index (Phi) is 2.55. The standard InChI is InChI=1S/C13H21NO/c15-13-10-4-3-5-11(13)9-14(8-10)12-6-1-2-7-12/h10-12H,1-9H2. The molecule has 15 heavy (non-hydrogen) atoms. The van der Waals surface area contributed by atoms with Crippen LogP contribution in [0.3, 0.4) is 0 Å². The van der Waals surface area contributed by atoms with Crippen molar-refractivity contribution in [1.82, 2.24) is 4.90 Å². The minimum absolute atomic E-state index is 0.401. The second-order valence-corrected chi connectivity index (χ2v) is 5.62. The van der Waals surface area contributed by atoms with E-state index in [1.807, 2.05) is 0 Å². The van der Waals surface area contributed by atoms with Gasteiger partial charge in [-0.1, -0.05) is 19.3 Å². The highest BCUT2D eigenvalue weighted by Gasteiger charge is 2.40. The van der Waals surface area contributed by atoms with Crippen molar-refractivity contribution in [2.75, 3.05) is 13.1 Å². The van der Waals surface area contributed by atoms with Crippen LogP contribution < -0.4 is 0 Å². The Bertz CT molecular complexity index is 241. The van der Waals surface area contributed by atoms with Crippen molar-refractivity contribution in [2.45, 2.75) is 51.0 Å². The molecule has 0 N–H and O–H groups in total. The molecule has 2 bridgehead atoms. The molecule has 1 saturated heterocycles. The van der Waals surface area contributed by atoms with E-state index in [9.17, 15) is 4.79 Å². The molecule has 3 fully saturated rings. The van der Waals surface area contributed by atoms with Gasteiger partial charge in [0.25, 0.3) is 0 Å². The van der Waals surface area contributed by atoms with Gasteiger partial charge < -0.3 is 0 Å². The predicted molar refractivity (Wildman–Crippen MR) is 59.7 cm³/mol. The lowest BCUT2D eigenvalue weighted by Crippen LogP contribution is -2.51. The third-order valence-electron chi connectivity index (χ3n) is 4.66. The maximum absolute atomic E-state index is 11.9. The molecule has 2 aliphatic carbocycles. The first-order chi connectivity index (χ1) is 7.34. The highest BCUT2D eigenvalue weighted by atomic mass is 16.1. The van der Waals surface area contributed by atoms with Gasteiger partial charge in [-0.15, -0.1) is 0 Å². The molecule has 1 aliphatic heterocycles. The summed E-state index contributed by atoms with van der Waals surface area (Å²) in [5, 5.41) is 0. The molecule has 2 heteroatoms. The van der Waals surface area contributed by atoms with Crippen LogP contribution in [-0.2, 0) is 4.79 Å². The zero-order valence-electron chi connectivity index (χ0n) is 9.45. The minimum atomic E-state index is 0.401. The van der Waals surface area contributed by atoms with Gasteiger partial charge in [-0.3, -0.25) is 9.69 Å². The van der Waals surface area contributed by atoms with E-state index in [4.69, 9.17) is 0 Å². The minimum Gasteiger partial charge on any atom is -0.299 e. The van der Waals surface area contributed by atoms with Gasteiger partial charge in [0.15, 0.2) is 0 Å². The summed E-state index contributed by atoms with van der Waals surface area (Å²) >= 11 is 0. The summed E-state index contributed by atoms with van der Waals surface area (Å²) in [5.74, 6) is 1.40. The van der Waals surface area contributed by atoms with E-state index in [0.29, 0.717) is 17.6 Å². The van der Waals surface area contributed by atoms with Crippen LogP contribution in [0.1, 0.15) is 44.9 Å². The van der Waals surface area contributed by atoms with Crippen LogP contribution in [0.4, 0.5) is 0 Å². The van der Waals surface area contributed by atoms with E-state index in [1.165, 1.54) is 44.9 Å². The number of Topliss-reactive ketones (excluding diaryl/α,β-unsaturated/α-hetero) is 1. The number of hydrogen-bond acceptors (Lipinski definition) is 2. The highest BCUT2D eigenvalue weighted by Crippen LogP contribution is 2.35. The van der Waals surface area contributed by atoms with Crippen molar-refractivity contribution in [3.63, 3.8) is 0 Å². The van der Waals surface area contributed by atoms with Gasteiger partial charge >= 0.3 is 0 Å². The molecule has 0 spiro atoms. The van der Waals surface area contributed by atoms with Gasteiger partial charge in [-0.05, 0) is 25.7 Å². The maximum atomic E-state index is 11.9. The SMILES string of the molecule is O=C1C2CCCC1CN(C1CCCC1)C2. The quantitative estimate of drug-likeness (QED) is 0.657. The Labute approximate surface area is 92.0 Å². The second kappa shape index (κ2) is 3.89. The maximum Gasteiger partial charge on any atom is 0.141 e. The Hall–Kier alpha value is -0.370. The molecular formula is C13H21NO. The van der Waals surface area contributed by atoms with E-state index in [0.717, 1.165) is 19.1 Å². The predicted octanol–water partition coefficient (Wildman–Crippen LogP) is 2.23. The first kappa shape index (κ1) is 9.83. The molecule has 0 aromatic rings. The number of likely N-dealkylation sites (tertiary alicyclic amines) is 1. The molecule has 3 aliphatic rings. The number of fused-ring (bicyclic) bond motifs is 2. The average molecular weight is 207 g/mol. The number of nitrogens with zero attached hydrogens (tertiary/aromatic N) is 1. The number of rotatable bonds is 1. The third kappa shape index (κ3) is 1.73. The van der Waals surface area contributed by atoms with Crippen LogP contribution >= 0.6 is 0 Å². The first-order valence-electron chi connectivity index (χ1n) is 6.62. The molecule has 0 aromatic heterocycles. The van der Waals surface area contributed by atoms with Crippen molar-refractivity contribution in [3.05, 3.63) is 0 Å². The average Bonchev–Trinajstić information content (AvgIpc) is 2.70. The molecule has 0 amide bonds. The largest absolute Gasteiger partial charge is 0.299 e. The van der Waals surface area contributed by atoms with Gasteiger partial charge in [-0.25, -0.2) is 0 Å². The molecule has 3 rings (SSSR count). The van der Waals surface area contributed by atoms with E-state index in [2.05, 4.69) is 4.90 Å². The summed E-state index contributed by atoms with van der Waals surface area (Å²) in [5.41, 5.74) is 0. The van der Waals surface area contributed by atoms with Crippen LogP contribution in [-0.4, -0.2) is 29.8 Å². The highest BCUT2D eigenvalue weighted by molar-refractivity contribution is 5.85. The molecule has 2 atom stereocenters. The normalized spacial score (nSPS) is 38.5. The lowest BCUT2D eigenvalue weighted by atomic mass is 9.76. The van der Waals surface area contributed by atoms with Crippen LogP contribution in [0.25, 0.3) is 0 Å². The van der Waals surface area contributed by atoms with Crippen molar-refractivity contribution < 1.29 is 4.79 Å². The van der Waals surface area contributed by atoms with Gasteiger partial charge in [0.05, 0.1) is 0 Å². The fraction of sp³-hybridized carbons (Fsp3) is 0.923. The number of piperidine rings is 1. The number of carbonyl (C=O) groups excluding carboxylic acids is 1. The molecule has 84 valence electrons. The number of hydrogen-bond donors (Lipinski definition) is 0. The Morgan fingerprint density at radius 1 is 0.867 bits per heavy atom. The smallest absolute Gasteiger partial charge is 0.141 e. The fourth-order valence-electron chi connectivity index (χ4n) is 3.80. The van der Waals surface area contributed by atoms with E-state index >= 15 is 0 Å². The molecule has 1 heterocycles. The molecule has 2 unspecified atom stereocenters. The van der Waals surface area contributed by atoms with Gasteiger partial charge in [0.1, 0.15) is 5.78 Å². The summed E-state index contributed by atoms with van der Waals surface area (Å²) < 4.78 is 0. The Balaban J connectivity index is 1.70. The summed E-state index contributed by atoms with van der Waals surface area (Å²) in [6, 6.07) is 0.821. The molecule has 2 saturated carbocycles. The van der Waals surface area contributed by atoms with Gasteiger partial charge in [-0.2, -0.15) is 0 Å². The van der Waals surface area contributed by atoms with E-state index < -0.39 is 0 Å². The monoisotopic (exact) mass is 207 g/mol. The van der Waals surface area contributed by atoms with Crippen LogP contribution in [0.5, 0.6) is 0 Å². The van der Waals surface area contributed by atoms with Crippen LogP contribution in [0.2, 0.25) is 0 Å². The summed E-state index contributed by atoms with van der Waals surface area (Å²) in [7, 11) is 0. The van der Waals surface area contributed by atoms with Crippen molar-refractivity contribution >= 4 is 5.78 Å². The Morgan fingerprint density at radius 2 is 1.47 bits per heavy atom. The van der Waals surface area contributed by atoms with Crippen molar-refractivity contribution in [3.8, 4) is 0 Å². The van der Waals surface area contributed by atoms with E-state index in [1.54, 1.807) is 0 Å².